The van der Waals surface area contributed by atoms with Gasteiger partial charge in [0.1, 0.15) is 5.82 Å². The van der Waals surface area contributed by atoms with Gasteiger partial charge >= 0.3 is 5.97 Å². The summed E-state index contributed by atoms with van der Waals surface area (Å²) in [6.07, 6.45) is 9.23. The topological polar surface area (TPSA) is 94.6 Å². The van der Waals surface area contributed by atoms with Crippen molar-refractivity contribution in [1.29, 1.82) is 0 Å². The lowest BCUT2D eigenvalue weighted by atomic mass is 9.94. The molecule has 1 aromatic carbocycles. The molecule has 3 aliphatic rings. The van der Waals surface area contributed by atoms with Crippen molar-refractivity contribution in [2.45, 2.75) is 70.3 Å². The molecule has 5 rings (SSSR count). The van der Waals surface area contributed by atoms with Crippen LogP contribution in [0.4, 0.5) is 5.82 Å². The maximum absolute atomic E-state index is 13.2. The second-order valence-corrected chi connectivity index (χ2v) is 10.6. The Morgan fingerprint density at radius 1 is 1.08 bits per heavy atom. The minimum Gasteiger partial charge on any atom is -0.481 e. The highest BCUT2D eigenvalue weighted by atomic mass is 16.4. The average molecular weight is 491 g/mol. The number of aromatic nitrogens is 1. The fourth-order valence-corrected chi connectivity index (χ4v) is 5.99. The maximum Gasteiger partial charge on any atom is 0.305 e. The van der Waals surface area contributed by atoms with Gasteiger partial charge in [0, 0.05) is 18.8 Å². The van der Waals surface area contributed by atoms with Crippen LogP contribution in [0.1, 0.15) is 72.5 Å². The fraction of sp³-hybridized carbons (Fsp3) is 0.552. The van der Waals surface area contributed by atoms with Crippen molar-refractivity contribution in [3.05, 3.63) is 58.3 Å². The number of likely N-dealkylation sites (tertiary alicyclic amines) is 1. The van der Waals surface area contributed by atoms with Crippen LogP contribution in [0.3, 0.4) is 0 Å². The summed E-state index contributed by atoms with van der Waals surface area (Å²) < 4.78 is 0. The van der Waals surface area contributed by atoms with E-state index in [1.165, 1.54) is 23.1 Å². The highest BCUT2D eigenvalue weighted by Crippen LogP contribution is 2.28. The number of aryl methyl sites for hydroxylation is 4. The number of hydrogen-bond donors (Lipinski definition) is 3. The maximum atomic E-state index is 13.2. The van der Waals surface area contributed by atoms with E-state index in [1.807, 2.05) is 6.07 Å². The van der Waals surface area contributed by atoms with Gasteiger partial charge in [-0.05, 0) is 99.2 Å². The monoisotopic (exact) mass is 490 g/mol. The third-order valence-corrected chi connectivity index (χ3v) is 7.96. The molecule has 2 atom stereocenters. The average Bonchev–Trinajstić information content (AvgIpc) is 3.36. The van der Waals surface area contributed by atoms with Gasteiger partial charge in [0.2, 0.25) is 5.91 Å². The number of carboxylic acid groups (broad SMARTS) is 1. The number of carbonyl (C=O) groups is 2. The molecular formula is C29H38N4O3. The summed E-state index contributed by atoms with van der Waals surface area (Å²) in [5.74, 6) is 0.0363. The molecule has 0 unspecified atom stereocenters. The van der Waals surface area contributed by atoms with Crippen molar-refractivity contribution >= 4 is 17.7 Å². The first kappa shape index (κ1) is 24.8. The van der Waals surface area contributed by atoms with Gasteiger partial charge in [-0.2, -0.15) is 0 Å². The van der Waals surface area contributed by atoms with E-state index >= 15 is 0 Å². The molecule has 0 spiro atoms. The Labute approximate surface area is 213 Å². The number of piperidine rings is 1. The Hall–Kier alpha value is -2.93. The lowest BCUT2D eigenvalue weighted by Gasteiger charge is -2.33. The summed E-state index contributed by atoms with van der Waals surface area (Å²) in [4.78, 5) is 32.0. The van der Waals surface area contributed by atoms with Crippen LogP contribution in [-0.2, 0) is 35.3 Å². The molecule has 1 saturated heterocycles. The zero-order valence-corrected chi connectivity index (χ0v) is 21.1. The van der Waals surface area contributed by atoms with Gasteiger partial charge in [-0.1, -0.05) is 24.3 Å². The van der Waals surface area contributed by atoms with Crippen molar-refractivity contribution in [2.24, 2.45) is 5.92 Å². The Bertz CT molecular complexity index is 1100. The van der Waals surface area contributed by atoms with Crippen molar-refractivity contribution in [3.8, 4) is 0 Å². The van der Waals surface area contributed by atoms with Gasteiger partial charge in [0.05, 0.1) is 18.4 Å². The Morgan fingerprint density at radius 2 is 1.92 bits per heavy atom. The molecule has 2 aliphatic heterocycles. The number of aliphatic carboxylic acids is 1. The van der Waals surface area contributed by atoms with Gasteiger partial charge in [-0.15, -0.1) is 0 Å². The lowest BCUT2D eigenvalue weighted by Crippen LogP contribution is -2.44. The van der Waals surface area contributed by atoms with E-state index in [1.54, 1.807) is 0 Å². The zero-order valence-electron chi connectivity index (χ0n) is 21.1. The van der Waals surface area contributed by atoms with Crippen LogP contribution < -0.4 is 10.6 Å². The molecule has 0 radical (unpaired) electrons. The molecule has 2 aromatic rings. The van der Waals surface area contributed by atoms with Crippen LogP contribution >= 0.6 is 0 Å². The van der Waals surface area contributed by atoms with E-state index in [9.17, 15) is 14.7 Å². The van der Waals surface area contributed by atoms with Crippen LogP contribution in [0.2, 0.25) is 0 Å². The quantitative estimate of drug-likeness (QED) is 0.494. The van der Waals surface area contributed by atoms with E-state index in [0.717, 1.165) is 94.6 Å². The second-order valence-electron chi connectivity index (χ2n) is 10.6. The first-order valence-corrected chi connectivity index (χ1v) is 13.6. The number of pyridine rings is 1. The van der Waals surface area contributed by atoms with Crippen LogP contribution in [0, 0.1) is 5.92 Å². The number of rotatable bonds is 9. The SMILES string of the molecule is O=C(O)C[C@H](NC(=O)[C@@H]1CCCN(CCCc2ccc3c(n2)NCCC3)C1)c1ccc2c(c1)CCC2. The number of nitrogens with one attached hydrogen (secondary N) is 2. The first-order chi connectivity index (χ1) is 17.5. The van der Waals surface area contributed by atoms with Crippen LogP contribution in [0.15, 0.2) is 30.3 Å². The highest BCUT2D eigenvalue weighted by Gasteiger charge is 2.28. The smallest absolute Gasteiger partial charge is 0.305 e. The summed E-state index contributed by atoms with van der Waals surface area (Å²) >= 11 is 0. The molecule has 1 amide bonds. The van der Waals surface area contributed by atoms with E-state index in [4.69, 9.17) is 4.98 Å². The molecule has 3 N–H and O–H groups in total. The van der Waals surface area contributed by atoms with Crippen molar-refractivity contribution in [1.82, 2.24) is 15.2 Å². The number of carbonyl (C=O) groups excluding carboxylic acids is 1. The number of amides is 1. The van der Waals surface area contributed by atoms with Gasteiger partial charge in [-0.3, -0.25) is 9.59 Å². The van der Waals surface area contributed by atoms with Crippen LogP contribution in [0.25, 0.3) is 0 Å². The Morgan fingerprint density at radius 3 is 2.81 bits per heavy atom. The molecule has 36 heavy (non-hydrogen) atoms. The van der Waals surface area contributed by atoms with Crippen LogP contribution in [-0.4, -0.2) is 53.0 Å². The van der Waals surface area contributed by atoms with Gasteiger partial charge < -0.3 is 20.6 Å². The molecule has 1 fully saturated rings. The zero-order chi connectivity index (χ0) is 24.9. The Balaban J connectivity index is 1.14. The van der Waals surface area contributed by atoms with Crippen molar-refractivity contribution < 1.29 is 14.7 Å². The standard InChI is InChI=1S/C29H38N4O3/c34-27(35)18-26(23-11-10-20-5-1-6-22(20)17-23)32-29(36)24-8-3-15-33(19-24)16-4-9-25-13-12-21-7-2-14-30-28(21)31-25/h10-13,17,24,26H,1-9,14-16,18-19H2,(H,30,31)(H,32,36)(H,34,35)/t24-,26+/m1/s1. The fourth-order valence-electron chi connectivity index (χ4n) is 5.99. The Kier molecular flexibility index (Phi) is 7.85. The molecule has 7 heteroatoms. The number of carboxylic acids is 1. The minimum atomic E-state index is -0.892. The summed E-state index contributed by atoms with van der Waals surface area (Å²) in [6.45, 7) is 3.68. The van der Waals surface area contributed by atoms with E-state index in [0.29, 0.717) is 0 Å². The van der Waals surface area contributed by atoms with Crippen molar-refractivity contribution in [3.63, 3.8) is 0 Å². The number of nitrogens with zero attached hydrogens (tertiary/aromatic N) is 2. The summed E-state index contributed by atoms with van der Waals surface area (Å²) in [5.41, 5.74) is 6.00. The molecule has 192 valence electrons. The molecule has 0 bridgehead atoms. The van der Waals surface area contributed by atoms with Crippen LogP contribution in [0.5, 0.6) is 0 Å². The molecule has 3 heterocycles. The third kappa shape index (κ3) is 6.06. The largest absolute Gasteiger partial charge is 0.481 e. The van der Waals surface area contributed by atoms with E-state index in [2.05, 4.69) is 39.8 Å². The molecule has 7 nitrogen and oxygen atoms in total. The molecular weight excluding hydrogens is 452 g/mol. The number of hydrogen-bond acceptors (Lipinski definition) is 5. The molecule has 1 aliphatic carbocycles. The first-order valence-electron chi connectivity index (χ1n) is 13.6. The number of fused-ring (bicyclic) bond motifs is 2. The number of benzene rings is 1. The summed E-state index contributed by atoms with van der Waals surface area (Å²) in [5, 5.41) is 16.0. The second kappa shape index (κ2) is 11.4. The summed E-state index contributed by atoms with van der Waals surface area (Å²) in [6, 6.07) is 10.1. The highest BCUT2D eigenvalue weighted by molar-refractivity contribution is 5.80. The van der Waals surface area contributed by atoms with E-state index < -0.39 is 12.0 Å². The third-order valence-electron chi connectivity index (χ3n) is 7.96. The lowest BCUT2D eigenvalue weighted by molar-refractivity contribution is -0.138. The molecule has 1 aromatic heterocycles. The predicted octanol–water partition coefficient (Wildman–Crippen LogP) is 3.91. The van der Waals surface area contributed by atoms with Gasteiger partial charge in [0.15, 0.2) is 0 Å². The van der Waals surface area contributed by atoms with Crippen molar-refractivity contribution in [2.75, 3.05) is 31.5 Å². The summed E-state index contributed by atoms with van der Waals surface area (Å²) in [7, 11) is 0. The molecule has 0 saturated carbocycles. The van der Waals surface area contributed by atoms with Gasteiger partial charge in [-0.25, -0.2) is 4.98 Å². The minimum absolute atomic E-state index is 0.0196. The predicted molar refractivity (Wildman–Crippen MR) is 140 cm³/mol. The number of anilines is 1. The van der Waals surface area contributed by atoms with Gasteiger partial charge in [0.25, 0.3) is 0 Å². The normalized spacial score (nSPS) is 20.2. The van der Waals surface area contributed by atoms with E-state index in [-0.39, 0.29) is 18.2 Å².